The number of piperidine rings is 1. The fourth-order valence-electron chi connectivity index (χ4n) is 3.12. The topological polar surface area (TPSA) is 59.2 Å². The highest BCUT2D eigenvalue weighted by molar-refractivity contribution is 5.94. The molecule has 2 aromatic rings. The minimum Gasteiger partial charge on any atom is -0.425 e. The number of nitrogens with zero attached hydrogens (tertiary/aromatic N) is 3. The largest absolute Gasteiger partial charge is 0.425 e. The number of carbonyl (C=O) groups excluding carboxylic acids is 1. The second kappa shape index (κ2) is 6.94. The summed E-state index contributed by atoms with van der Waals surface area (Å²) >= 11 is 0. The molecule has 2 heterocycles. The van der Waals surface area contributed by atoms with E-state index in [9.17, 15) is 9.18 Å². The lowest BCUT2D eigenvalue weighted by Gasteiger charge is -2.31. The Hall–Kier alpha value is -2.24. The number of rotatable bonds is 3. The average Bonchev–Trinajstić information content (AvgIpc) is 3.01. The van der Waals surface area contributed by atoms with E-state index in [2.05, 4.69) is 31.0 Å². The molecule has 0 bridgehead atoms. The fraction of sp³-hybridized carbons (Fsp3) is 0.526. The molecule has 1 amide bonds. The number of hydrogen-bond acceptors (Lipinski definition) is 4. The molecule has 1 saturated heterocycles. The van der Waals surface area contributed by atoms with Gasteiger partial charge in [-0.3, -0.25) is 4.79 Å². The average molecular weight is 345 g/mol. The van der Waals surface area contributed by atoms with E-state index in [1.165, 1.54) is 12.1 Å². The van der Waals surface area contributed by atoms with Crippen LogP contribution in [0.25, 0.3) is 0 Å². The molecule has 1 aliphatic heterocycles. The molecule has 0 N–H and O–H groups in total. The zero-order chi connectivity index (χ0) is 18.0. The van der Waals surface area contributed by atoms with E-state index < -0.39 is 5.82 Å². The molecule has 1 atom stereocenters. The number of amides is 1. The van der Waals surface area contributed by atoms with Crippen molar-refractivity contribution in [2.45, 2.75) is 46.0 Å². The highest BCUT2D eigenvalue weighted by Crippen LogP contribution is 2.28. The van der Waals surface area contributed by atoms with E-state index in [-0.39, 0.29) is 22.8 Å². The van der Waals surface area contributed by atoms with Crippen LogP contribution in [0, 0.1) is 11.2 Å². The Morgan fingerprint density at radius 1 is 1.32 bits per heavy atom. The number of aromatic nitrogens is 2. The van der Waals surface area contributed by atoms with Crippen LogP contribution in [0.15, 0.2) is 28.7 Å². The standard InChI is InChI=1S/C19H24FN3O2/c1-19(2,3)11-16-21-22-17(25-16)13-7-6-10-23(12-13)18(24)14-8-4-5-9-15(14)20/h4-5,8-9,13H,6-7,10-12H2,1-3H3/t13-/m1/s1. The zero-order valence-corrected chi connectivity index (χ0v) is 15.0. The molecule has 0 saturated carbocycles. The van der Waals surface area contributed by atoms with E-state index >= 15 is 0 Å². The molecule has 0 radical (unpaired) electrons. The summed E-state index contributed by atoms with van der Waals surface area (Å²) in [5.41, 5.74) is 0.186. The Morgan fingerprint density at radius 3 is 2.80 bits per heavy atom. The summed E-state index contributed by atoms with van der Waals surface area (Å²) in [6.07, 6.45) is 2.44. The summed E-state index contributed by atoms with van der Waals surface area (Å²) in [6.45, 7) is 7.45. The molecule has 0 spiro atoms. The molecule has 0 unspecified atom stereocenters. The quantitative estimate of drug-likeness (QED) is 0.848. The third-order valence-electron chi connectivity index (χ3n) is 4.33. The highest BCUT2D eigenvalue weighted by atomic mass is 19.1. The van der Waals surface area contributed by atoms with Crippen molar-refractivity contribution in [1.29, 1.82) is 0 Å². The van der Waals surface area contributed by atoms with Gasteiger partial charge in [0.25, 0.3) is 5.91 Å². The molecule has 6 heteroatoms. The van der Waals surface area contributed by atoms with Crippen LogP contribution in [0.4, 0.5) is 4.39 Å². The van der Waals surface area contributed by atoms with Crippen molar-refractivity contribution in [3.8, 4) is 0 Å². The van der Waals surface area contributed by atoms with Crippen LogP contribution in [0.2, 0.25) is 0 Å². The molecular weight excluding hydrogens is 321 g/mol. The molecule has 1 aliphatic rings. The Labute approximate surface area is 147 Å². The lowest BCUT2D eigenvalue weighted by Crippen LogP contribution is -2.39. The van der Waals surface area contributed by atoms with Crippen molar-refractivity contribution in [3.63, 3.8) is 0 Å². The second-order valence-electron chi connectivity index (χ2n) is 7.84. The highest BCUT2D eigenvalue weighted by Gasteiger charge is 2.30. The molecule has 134 valence electrons. The SMILES string of the molecule is CC(C)(C)Cc1nnc([C@@H]2CCCN(C(=O)c3ccccc3F)C2)o1. The van der Waals surface area contributed by atoms with Crippen molar-refractivity contribution in [2.24, 2.45) is 5.41 Å². The van der Waals surface area contributed by atoms with Crippen molar-refractivity contribution in [2.75, 3.05) is 13.1 Å². The fourth-order valence-corrected chi connectivity index (χ4v) is 3.12. The van der Waals surface area contributed by atoms with Gasteiger partial charge in [0.2, 0.25) is 11.8 Å². The van der Waals surface area contributed by atoms with Gasteiger partial charge in [-0.05, 0) is 30.4 Å². The zero-order valence-electron chi connectivity index (χ0n) is 15.0. The number of likely N-dealkylation sites (tertiary alicyclic amines) is 1. The van der Waals surface area contributed by atoms with Crippen LogP contribution in [0.5, 0.6) is 0 Å². The normalized spacial score (nSPS) is 18.4. The van der Waals surface area contributed by atoms with Gasteiger partial charge >= 0.3 is 0 Å². The third kappa shape index (κ3) is 4.24. The summed E-state index contributed by atoms with van der Waals surface area (Å²) in [5, 5.41) is 8.32. The van der Waals surface area contributed by atoms with Crippen LogP contribution in [-0.2, 0) is 6.42 Å². The monoisotopic (exact) mass is 345 g/mol. The summed E-state index contributed by atoms with van der Waals surface area (Å²) in [7, 11) is 0. The molecule has 1 aromatic heterocycles. The molecule has 1 aromatic carbocycles. The van der Waals surface area contributed by atoms with Gasteiger partial charge in [0, 0.05) is 19.5 Å². The number of hydrogen-bond donors (Lipinski definition) is 0. The molecule has 25 heavy (non-hydrogen) atoms. The van der Waals surface area contributed by atoms with Gasteiger partial charge in [-0.2, -0.15) is 0 Å². The first kappa shape index (κ1) is 17.6. The van der Waals surface area contributed by atoms with Crippen LogP contribution in [0.3, 0.4) is 0 Å². The number of benzene rings is 1. The molecular formula is C19H24FN3O2. The van der Waals surface area contributed by atoms with Gasteiger partial charge < -0.3 is 9.32 Å². The first-order valence-corrected chi connectivity index (χ1v) is 8.69. The van der Waals surface area contributed by atoms with E-state index in [0.29, 0.717) is 31.3 Å². The maximum atomic E-state index is 13.9. The van der Waals surface area contributed by atoms with Crippen molar-refractivity contribution >= 4 is 5.91 Å². The first-order chi connectivity index (χ1) is 11.8. The minimum atomic E-state index is -0.486. The Kier molecular flexibility index (Phi) is 4.88. The van der Waals surface area contributed by atoms with Gasteiger partial charge in [0.15, 0.2) is 0 Å². The Morgan fingerprint density at radius 2 is 2.08 bits per heavy atom. The maximum absolute atomic E-state index is 13.9. The van der Waals surface area contributed by atoms with Crippen LogP contribution in [0.1, 0.15) is 61.7 Å². The maximum Gasteiger partial charge on any atom is 0.256 e. The van der Waals surface area contributed by atoms with Crippen LogP contribution in [-0.4, -0.2) is 34.1 Å². The van der Waals surface area contributed by atoms with E-state index in [0.717, 1.165) is 12.8 Å². The minimum absolute atomic E-state index is 0.00527. The Bertz CT molecular complexity index is 751. The molecule has 1 fully saturated rings. The first-order valence-electron chi connectivity index (χ1n) is 8.69. The van der Waals surface area contributed by atoms with E-state index in [4.69, 9.17) is 4.42 Å². The Balaban J connectivity index is 1.71. The van der Waals surface area contributed by atoms with Crippen LogP contribution >= 0.6 is 0 Å². The summed E-state index contributed by atoms with van der Waals surface area (Å²) in [6, 6.07) is 6.09. The molecule has 0 aliphatic carbocycles. The van der Waals surface area contributed by atoms with Gasteiger partial charge in [0.05, 0.1) is 11.5 Å². The van der Waals surface area contributed by atoms with Gasteiger partial charge in [-0.15, -0.1) is 10.2 Å². The third-order valence-corrected chi connectivity index (χ3v) is 4.33. The van der Waals surface area contributed by atoms with E-state index in [1.807, 2.05) is 0 Å². The van der Waals surface area contributed by atoms with Gasteiger partial charge in [-0.1, -0.05) is 32.9 Å². The van der Waals surface area contributed by atoms with Crippen LogP contribution < -0.4 is 0 Å². The lowest BCUT2D eigenvalue weighted by atomic mass is 9.92. The second-order valence-corrected chi connectivity index (χ2v) is 7.84. The summed E-state index contributed by atoms with van der Waals surface area (Å²) in [4.78, 5) is 14.3. The predicted molar refractivity (Wildman–Crippen MR) is 91.7 cm³/mol. The van der Waals surface area contributed by atoms with Crippen molar-refractivity contribution in [1.82, 2.24) is 15.1 Å². The number of carbonyl (C=O) groups is 1. The van der Waals surface area contributed by atoms with E-state index in [1.54, 1.807) is 17.0 Å². The van der Waals surface area contributed by atoms with Crippen molar-refractivity contribution < 1.29 is 13.6 Å². The molecule has 3 rings (SSSR count). The predicted octanol–water partition coefficient (Wildman–Crippen LogP) is 3.82. The summed E-state index contributed by atoms with van der Waals surface area (Å²) in [5.74, 6) is 0.438. The van der Waals surface area contributed by atoms with Gasteiger partial charge in [-0.25, -0.2) is 4.39 Å². The lowest BCUT2D eigenvalue weighted by molar-refractivity contribution is 0.0693. The molecule has 5 nitrogen and oxygen atoms in total. The van der Waals surface area contributed by atoms with Crippen molar-refractivity contribution in [3.05, 3.63) is 47.4 Å². The summed E-state index contributed by atoms with van der Waals surface area (Å²) < 4.78 is 19.7. The van der Waals surface area contributed by atoms with Gasteiger partial charge in [0.1, 0.15) is 5.82 Å². The smallest absolute Gasteiger partial charge is 0.256 e. The number of halogens is 1.